The maximum atomic E-state index is 14.5. The van der Waals surface area contributed by atoms with Crippen molar-refractivity contribution < 1.29 is 26.7 Å². The summed E-state index contributed by atoms with van der Waals surface area (Å²) in [4.78, 5) is 4.28. The number of nitrogens with one attached hydrogen (secondary N) is 1. The highest BCUT2D eigenvalue weighted by Gasteiger charge is 2.19. The quantitative estimate of drug-likeness (QED) is 0.229. The van der Waals surface area contributed by atoms with E-state index in [-0.39, 0.29) is 18.0 Å². The average molecular weight is 564 g/mol. The fourth-order valence-corrected chi connectivity index (χ4v) is 5.62. The Morgan fingerprint density at radius 3 is 2.38 bits per heavy atom. The summed E-state index contributed by atoms with van der Waals surface area (Å²) < 4.78 is 69.5. The molecular weight excluding hydrogens is 536 g/mol. The van der Waals surface area contributed by atoms with Gasteiger partial charge < -0.3 is 14.0 Å². The topological polar surface area (TPSA) is 82.4 Å². The van der Waals surface area contributed by atoms with Gasteiger partial charge in [-0.05, 0) is 48.4 Å². The van der Waals surface area contributed by atoms with Crippen molar-refractivity contribution in [1.82, 2.24) is 14.3 Å². The molecule has 0 aliphatic rings. The van der Waals surface area contributed by atoms with E-state index in [1.54, 1.807) is 36.5 Å². The van der Waals surface area contributed by atoms with Gasteiger partial charge in [-0.1, -0.05) is 35.9 Å². The Morgan fingerprint density at radius 1 is 0.925 bits per heavy atom. The van der Waals surface area contributed by atoms with Crippen LogP contribution in [0.4, 0.5) is 8.78 Å². The van der Waals surface area contributed by atoms with Crippen molar-refractivity contribution in [3.63, 3.8) is 0 Å². The second-order valence-electron chi connectivity index (χ2n) is 9.44. The first-order chi connectivity index (χ1) is 19.1. The fourth-order valence-electron chi connectivity index (χ4n) is 4.50. The van der Waals surface area contributed by atoms with Crippen LogP contribution in [0.1, 0.15) is 16.7 Å². The number of ether oxygens (including phenoxy) is 2. The van der Waals surface area contributed by atoms with Gasteiger partial charge in [0.2, 0.25) is 15.9 Å². The van der Waals surface area contributed by atoms with Crippen molar-refractivity contribution in [3.8, 4) is 28.5 Å². The van der Waals surface area contributed by atoms with Gasteiger partial charge in [-0.25, -0.2) is 26.9 Å². The first-order valence-electron chi connectivity index (χ1n) is 12.4. The van der Waals surface area contributed by atoms with Crippen molar-refractivity contribution in [2.24, 2.45) is 7.05 Å². The highest BCUT2D eigenvalue weighted by Crippen LogP contribution is 2.40. The number of aryl methyl sites for hydroxylation is 2. The van der Waals surface area contributed by atoms with Crippen molar-refractivity contribution >= 4 is 20.9 Å². The lowest BCUT2D eigenvalue weighted by molar-refractivity contribution is 0.401. The van der Waals surface area contributed by atoms with E-state index in [1.807, 2.05) is 42.9 Å². The van der Waals surface area contributed by atoms with Gasteiger partial charge in [0.1, 0.15) is 17.1 Å². The van der Waals surface area contributed by atoms with Crippen LogP contribution in [0.25, 0.3) is 22.0 Å². The Kier molecular flexibility index (Phi) is 7.55. The number of rotatable bonds is 9. The van der Waals surface area contributed by atoms with Gasteiger partial charge in [-0.15, -0.1) is 0 Å². The summed E-state index contributed by atoms with van der Waals surface area (Å²) in [7, 11) is -0.248. The molecule has 3 aromatic carbocycles. The normalized spacial score (nSPS) is 11.6. The third-order valence-electron chi connectivity index (χ3n) is 6.47. The van der Waals surface area contributed by atoms with Crippen LogP contribution in [0.5, 0.6) is 17.4 Å². The molecule has 0 spiro atoms. The maximum Gasteiger partial charge on any atom is 0.238 e. The molecule has 0 fully saturated rings. The van der Waals surface area contributed by atoms with E-state index in [9.17, 15) is 17.2 Å². The number of halogens is 2. The first kappa shape index (κ1) is 27.3. The molecule has 0 saturated heterocycles. The molecular formula is C30H27F2N3O4S. The van der Waals surface area contributed by atoms with Gasteiger partial charge in [0.05, 0.1) is 12.9 Å². The lowest BCUT2D eigenvalue weighted by atomic mass is 10.0. The zero-order chi connectivity index (χ0) is 28.4. The van der Waals surface area contributed by atoms with Crippen LogP contribution in [-0.2, 0) is 29.4 Å². The summed E-state index contributed by atoms with van der Waals surface area (Å²) in [5.41, 5.74) is 4.45. The number of sulfonamides is 1. The van der Waals surface area contributed by atoms with E-state index in [4.69, 9.17) is 9.47 Å². The summed E-state index contributed by atoms with van der Waals surface area (Å²) in [6.07, 6.45) is 3.48. The molecule has 40 heavy (non-hydrogen) atoms. The lowest BCUT2D eigenvalue weighted by Crippen LogP contribution is -2.24. The summed E-state index contributed by atoms with van der Waals surface area (Å²) >= 11 is 0. The van der Waals surface area contributed by atoms with E-state index in [0.717, 1.165) is 34.2 Å². The first-order valence-corrected chi connectivity index (χ1v) is 14.1. The minimum absolute atomic E-state index is 0.0298. The molecule has 1 N–H and O–H groups in total. The fraction of sp³-hybridized carbons (Fsp3) is 0.167. The van der Waals surface area contributed by atoms with Gasteiger partial charge in [0, 0.05) is 48.6 Å². The van der Waals surface area contributed by atoms with Crippen LogP contribution in [0.15, 0.2) is 79.1 Å². The largest absolute Gasteiger partial charge is 0.479 e. The van der Waals surface area contributed by atoms with Gasteiger partial charge in [0.15, 0.2) is 11.6 Å². The van der Waals surface area contributed by atoms with Gasteiger partial charge in [0.25, 0.3) is 0 Å². The predicted molar refractivity (Wildman–Crippen MR) is 150 cm³/mol. The molecule has 0 aliphatic carbocycles. The van der Waals surface area contributed by atoms with Crippen LogP contribution in [0.2, 0.25) is 0 Å². The summed E-state index contributed by atoms with van der Waals surface area (Å²) in [5, 5.41) is 0.802. The number of hydrogen-bond acceptors (Lipinski definition) is 5. The second-order valence-corrected chi connectivity index (χ2v) is 11.3. The predicted octanol–water partition coefficient (Wildman–Crippen LogP) is 6.25. The SMILES string of the molecule is COc1nccc2c(-c3cc(CNS(=O)(=O)Cc4ccc(C)cc4)ccc3Oc3ccc(F)cc3F)cn(C)c12. The zero-order valence-corrected chi connectivity index (χ0v) is 22.9. The summed E-state index contributed by atoms with van der Waals surface area (Å²) in [6, 6.07) is 17.3. The maximum absolute atomic E-state index is 14.5. The highest BCUT2D eigenvalue weighted by atomic mass is 32.2. The minimum atomic E-state index is -3.63. The van der Waals surface area contributed by atoms with Crippen LogP contribution >= 0.6 is 0 Å². The molecule has 0 saturated carbocycles. The standard InChI is InChI=1S/C30H27F2N3O4S/c1-19-4-6-20(7-5-19)18-40(36,37)34-16-21-8-10-27(39-28-11-9-22(31)15-26(28)32)24(14-21)25-17-35(2)29-23(25)12-13-33-30(29)38-3/h4-15,17,34H,16,18H2,1-3H3. The summed E-state index contributed by atoms with van der Waals surface area (Å²) in [6.45, 7) is 1.97. The Labute approximate surface area is 231 Å². The smallest absolute Gasteiger partial charge is 0.238 e. The Hall–Kier alpha value is -4.28. The Morgan fingerprint density at radius 2 is 1.65 bits per heavy atom. The van der Waals surface area contributed by atoms with E-state index in [1.165, 1.54) is 13.2 Å². The minimum Gasteiger partial charge on any atom is -0.479 e. The Balaban J connectivity index is 1.52. The van der Waals surface area contributed by atoms with Gasteiger partial charge >= 0.3 is 0 Å². The molecule has 10 heteroatoms. The lowest BCUT2D eigenvalue weighted by Gasteiger charge is -2.14. The van der Waals surface area contributed by atoms with E-state index in [2.05, 4.69) is 9.71 Å². The average Bonchev–Trinajstić information content (AvgIpc) is 3.27. The molecule has 206 valence electrons. The third-order valence-corrected chi connectivity index (χ3v) is 7.77. The van der Waals surface area contributed by atoms with E-state index in [0.29, 0.717) is 28.3 Å². The second kappa shape index (κ2) is 11.1. The molecule has 0 aliphatic heterocycles. The molecule has 5 rings (SSSR count). The molecule has 0 bridgehead atoms. The number of benzene rings is 3. The summed E-state index contributed by atoms with van der Waals surface area (Å²) in [5.74, 6) is -1.12. The van der Waals surface area contributed by atoms with E-state index < -0.39 is 21.7 Å². The van der Waals surface area contributed by atoms with Crippen molar-refractivity contribution in [2.75, 3.05) is 7.11 Å². The number of fused-ring (bicyclic) bond motifs is 1. The molecule has 5 aromatic rings. The van der Waals surface area contributed by atoms with Crippen LogP contribution in [-0.4, -0.2) is 25.1 Å². The van der Waals surface area contributed by atoms with Crippen LogP contribution < -0.4 is 14.2 Å². The molecule has 0 atom stereocenters. The number of pyridine rings is 1. The van der Waals surface area contributed by atoms with Crippen molar-refractivity contribution in [1.29, 1.82) is 0 Å². The number of hydrogen-bond donors (Lipinski definition) is 1. The molecule has 2 aromatic heterocycles. The zero-order valence-electron chi connectivity index (χ0n) is 22.1. The number of methoxy groups -OCH3 is 1. The van der Waals surface area contributed by atoms with Crippen LogP contribution in [0.3, 0.4) is 0 Å². The number of nitrogens with zero attached hydrogens (tertiary/aromatic N) is 2. The monoisotopic (exact) mass is 563 g/mol. The van der Waals surface area contributed by atoms with E-state index >= 15 is 0 Å². The van der Waals surface area contributed by atoms with Crippen molar-refractivity contribution in [2.45, 2.75) is 19.2 Å². The highest BCUT2D eigenvalue weighted by molar-refractivity contribution is 7.88. The Bertz CT molecular complexity index is 1800. The number of aromatic nitrogens is 2. The molecule has 7 nitrogen and oxygen atoms in total. The molecule has 0 amide bonds. The molecule has 0 radical (unpaired) electrons. The molecule has 2 heterocycles. The third kappa shape index (κ3) is 5.83. The van der Waals surface area contributed by atoms with Crippen molar-refractivity contribution in [3.05, 3.63) is 107 Å². The van der Waals surface area contributed by atoms with Gasteiger partial charge in [-0.2, -0.15) is 0 Å². The van der Waals surface area contributed by atoms with Crippen LogP contribution in [0, 0.1) is 18.6 Å². The van der Waals surface area contributed by atoms with Gasteiger partial charge in [-0.3, -0.25) is 0 Å². The molecule has 0 unspecified atom stereocenters.